The molecule has 0 amide bonds. The SMILES string of the molecule is Cc1ccc(CSCCc2nnc(-c3ccc(N4CCC(N(C)C)C4)cc3)o2)cc1. The Morgan fingerprint density at radius 1 is 1.07 bits per heavy atom. The number of hydrogen-bond donors (Lipinski definition) is 0. The second-order valence-corrected chi connectivity index (χ2v) is 9.29. The number of thioether (sulfide) groups is 1. The Labute approximate surface area is 183 Å². The highest BCUT2D eigenvalue weighted by Gasteiger charge is 2.24. The van der Waals surface area contributed by atoms with Crippen molar-refractivity contribution in [1.29, 1.82) is 0 Å². The molecule has 1 aliphatic rings. The van der Waals surface area contributed by atoms with Gasteiger partial charge in [0.2, 0.25) is 11.8 Å². The predicted molar refractivity (Wildman–Crippen MR) is 125 cm³/mol. The molecule has 1 unspecified atom stereocenters. The largest absolute Gasteiger partial charge is 0.421 e. The van der Waals surface area contributed by atoms with Gasteiger partial charge in [-0.1, -0.05) is 29.8 Å². The Morgan fingerprint density at radius 2 is 1.83 bits per heavy atom. The first-order valence-corrected chi connectivity index (χ1v) is 11.7. The minimum atomic E-state index is 0.604. The van der Waals surface area contributed by atoms with Gasteiger partial charge in [0.25, 0.3) is 0 Å². The molecule has 3 aromatic rings. The average Bonchev–Trinajstić information content (AvgIpc) is 3.43. The first-order chi connectivity index (χ1) is 14.6. The molecule has 4 rings (SSSR count). The molecular formula is C24H30N4OS. The second kappa shape index (κ2) is 9.67. The van der Waals surface area contributed by atoms with E-state index in [0.717, 1.165) is 36.6 Å². The molecule has 0 spiro atoms. The average molecular weight is 423 g/mol. The van der Waals surface area contributed by atoms with Crippen LogP contribution in [0.1, 0.15) is 23.4 Å². The van der Waals surface area contributed by atoms with Crippen molar-refractivity contribution in [2.75, 3.05) is 37.8 Å². The van der Waals surface area contributed by atoms with Gasteiger partial charge in [-0.15, -0.1) is 10.2 Å². The fraction of sp³-hybridized carbons (Fsp3) is 0.417. The minimum Gasteiger partial charge on any atom is -0.421 e. The summed E-state index contributed by atoms with van der Waals surface area (Å²) < 4.78 is 5.90. The van der Waals surface area contributed by atoms with E-state index in [2.05, 4.69) is 89.5 Å². The standard InChI is InChI=1S/C24H30N4OS/c1-18-4-6-19(7-5-18)17-30-15-13-23-25-26-24(29-23)20-8-10-21(11-9-20)28-14-12-22(16-28)27(2)3/h4-11,22H,12-17H2,1-3H3. The van der Waals surface area contributed by atoms with Crippen LogP contribution in [0.5, 0.6) is 0 Å². The van der Waals surface area contributed by atoms with E-state index >= 15 is 0 Å². The highest BCUT2D eigenvalue weighted by atomic mass is 32.2. The number of aryl methyl sites for hydroxylation is 2. The number of likely N-dealkylation sites (N-methyl/N-ethyl adjacent to an activating group) is 1. The number of nitrogens with zero attached hydrogens (tertiary/aromatic N) is 4. The van der Waals surface area contributed by atoms with E-state index in [0.29, 0.717) is 17.8 Å². The molecule has 1 atom stereocenters. The summed E-state index contributed by atoms with van der Waals surface area (Å²) in [4.78, 5) is 4.76. The van der Waals surface area contributed by atoms with E-state index in [4.69, 9.17) is 4.42 Å². The van der Waals surface area contributed by atoms with Gasteiger partial charge in [0.05, 0.1) is 0 Å². The van der Waals surface area contributed by atoms with Crippen molar-refractivity contribution in [1.82, 2.24) is 15.1 Å². The molecule has 5 nitrogen and oxygen atoms in total. The number of aromatic nitrogens is 2. The number of hydrogen-bond acceptors (Lipinski definition) is 6. The van der Waals surface area contributed by atoms with Gasteiger partial charge >= 0.3 is 0 Å². The molecule has 0 bridgehead atoms. The molecule has 6 heteroatoms. The van der Waals surface area contributed by atoms with Gasteiger partial charge in [-0.3, -0.25) is 0 Å². The lowest BCUT2D eigenvalue weighted by Gasteiger charge is -2.21. The zero-order valence-electron chi connectivity index (χ0n) is 18.0. The summed E-state index contributed by atoms with van der Waals surface area (Å²) >= 11 is 1.89. The van der Waals surface area contributed by atoms with Crippen LogP contribution in [0, 0.1) is 6.92 Å². The van der Waals surface area contributed by atoms with Gasteiger partial charge in [0, 0.05) is 48.3 Å². The van der Waals surface area contributed by atoms with Crippen LogP contribution in [-0.4, -0.2) is 54.1 Å². The van der Waals surface area contributed by atoms with E-state index in [9.17, 15) is 0 Å². The third-order valence-corrected chi connectivity index (χ3v) is 6.72. The van der Waals surface area contributed by atoms with E-state index in [1.165, 1.54) is 23.2 Å². The maximum absolute atomic E-state index is 5.90. The molecule has 0 aliphatic carbocycles. The molecular weight excluding hydrogens is 392 g/mol. The third kappa shape index (κ3) is 5.24. The highest BCUT2D eigenvalue weighted by molar-refractivity contribution is 7.98. The monoisotopic (exact) mass is 422 g/mol. The molecule has 30 heavy (non-hydrogen) atoms. The molecule has 0 radical (unpaired) electrons. The molecule has 2 aromatic carbocycles. The fourth-order valence-electron chi connectivity index (χ4n) is 3.72. The summed E-state index contributed by atoms with van der Waals surface area (Å²) in [5, 5.41) is 8.48. The zero-order valence-corrected chi connectivity index (χ0v) is 18.9. The number of benzene rings is 2. The Hall–Kier alpha value is -2.31. The third-order valence-electron chi connectivity index (χ3n) is 5.69. The van der Waals surface area contributed by atoms with Crippen LogP contribution in [0.15, 0.2) is 52.9 Å². The molecule has 1 fully saturated rings. The maximum atomic E-state index is 5.90. The van der Waals surface area contributed by atoms with Crippen LogP contribution in [0.4, 0.5) is 5.69 Å². The van der Waals surface area contributed by atoms with Crippen molar-refractivity contribution < 1.29 is 4.42 Å². The summed E-state index contributed by atoms with van der Waals surface area (Å²) in [6, 6.07) is 17.8. The van der Waals surface area contributed by atoms with Crippen molar-refractivity contribution in [2.45, 2.75) is 31.6 Å². The van der Waals surface area contributed by atoms with E-state index in [-0.39, 0.29) is 0 Å². The van der Waals surface area contributed by atoms with E-state index in [1.54, 1.807) is 0 Å². The van der Waals surface area contributed by atoms with Crippen LogP contribution in [0.25, 0.3) is 11.5 Å². The van der Waals surface area contributed by atoms with Crippen molar-refractivity contribution in [3.8, 4) is 11.5 Å². The molecule has 158 valence electrons. The summed E-state index contributed by atoms with van der Waals surface area (Å²) in [6.45, 7) is 4.30. The van der Waals surface area contributed by atoms with E-state index < -0.39 is 0 Å². The zero-order chi connectivity index (χ0) is 20.9. The topological polar surface area (TPSA) is 45.4 Å². The normalized spacial score (nSPS) is 16.5. The quantitative estimate of drug-likeness (QED) is 0.492. The molecule has 1 aromatic heterocycles. The predicted octanol–water partition coefficient (Wildman–Crippen LogP) is 4.66. The van der Waals surface area contributed by atoms with Gasteiger partial charge in [-0.05, 0) is 57.3 Å². The fourth-order valence-corrected chi connectivity index (χ4v) is 4.61. The molecule has 0 saturated carbocycles. The van der Waals surface area contributed by atoms with Gasteiger partial charge in [0.1, 0.15) is 0 Å². The summed E-state index contributed by atoms with van der Waals surface area (Å²) in [6.07, 6.45) is 2.00. The van der Waals surface area contributed by atoms with Crippen LogP contribution in [0.2, 0.25) is 0 Å². The molecule has 1 aliphatic heterocycles. The lowest BCUT2D eigenvalue weighted by molar-refractivity contribution is 0.315. The van der Waals surface area contributed by atoms with Gasteiger partial charge in [0.15, 0.2) is 0 Å². The van der Waals surface area contributed by atoms with Gasteiger partial charge in [-0.2, -0.15) is 11.8 Å². The second-order valence-electron chi connectivity index (χ2n) is 8.19. The van der Waals surface area contributed by atoms with Crippen molar-refractivity contribution >= 4 is 17.4 Å². The van der Waals surface area contributed by atoms with Crippen molar-refractivity contribution in [3.63, 3.8) is 0 Å². The Morgan fingerprint density at radius 3 is 2.53 bits per heavy atom. The smallest absolute Gasteiger partial charge is 0.247 e. The maximum Gasteiger partial charge on any atom is 0.247 e. The molecule has 2 heterocycles. The first-order valence-electron chi connectivity index (χ1n) is 10.6. The minimum absolute atomic E-state index is 0.604. The first kappa shape index (κ1) is 20.9. The summed E-state index contributed by atoms with van der Waals surface area (Å²) in [5.74, 6) is 3.29. The van der Waals surface area contributed by atoms with Crippen molar-refractivity contribution in [2.24, 2.45) is 0 Å². The lowest BCUT2D eigenvalue weighted by Crippen LogP contribution is -2.31. The number of rotatable bonds is 8. The Balaban J connectivity index is 1.28. The molecule has 0 N–H and O–H groups in total. The van der Waals surface area contributed by atoms with Gasteiger partial charge in [-0.25, -0.2) is 0 Å². The molecule has 1 saturated heterocycles. The summed E-state index contributed by atoms with van der Waals surface area (Å²) in [5.41, 5.74) is 4.89. The van der Waals surface area contributed by atoms with E-state index in [1.807, 2.05) is 11.8 Å². The highest BCUT2D eigenvalue weighted by Crippen LogP contribution is 2.26. The van der Waals surface area contributed by atoms with Crippen LogP contribution >= 0.6 is 11.8 Å². The van der Waals surface area contributed by atoms with Gasteiger partial charge < -0.3 is 14.2 Å². The lowest BCUT2D eigenvalue weighted by atomic mass is 10.2. The van der Waals surface area contributed by atoms with Crippen LogP contribution in [0.3, 0.4) is 0 Å². The van der Waals surface area contributed by atoms with Crippen LogP contribution in [-0.2, 0) is 12.2 Å². The number of anilines is 1. The Bertz CT molecular complexity index is 937. The van der Waals surface area contributed by atoms with Crippen LogP contribution < -0.4 is 4.90 Å². The summed E-state index contributed by atoms with van der Waals surface area (Å²) in [7, 11) is 4.32. The Kier molecular flexibility index (Phi) is 6.75. The van der Waals surface area contributed by atoms with Crippen molar-refractivity contribution in [3.05, 3.63) is 65.5 Å².